The molecule has 25 heavy (non-hydrogen) atoms. The Kier molecular flexibility index (Phi) is 5.62. The Hall–Kier alpha value is -3.49. The van der Waals surface area contributed by atoms with Gasteiger partial charge in [0.2, 0.25) is 5.75 Å². The summed E-state index contributed by atoms with van der Waals surface area (Å²) in [6, 6.07) is 3.94. The normalized spacial score (nSPS) is 9.88. The first-order chi connectivity index (χ1) is 11.9. The van der Waals surface area contributed by atoms with E-state index in [4.69, 9.17) is 14.2 Å². The maximum absolute atomic E-state index is 11.8. The molecular formula is C16H14N2O7. The Morgan fingerprint density at radius 1 is 0.920 bits per heavy atom. The average Bonchev–Trinajstić information content (AvgIpc) is 2.56. The number of benzene rings is 1. The molecule has 0 aliphatic carbocycles. The lowest BCUT2D eigenvalue weighted by Gasteiger charge is -2.14. The predicted molar refractivity (Wildman–Crippen MR) is 82.5 cm³/mol. The van der Waals surface area contributed by atoms with E-state index in [-0.39, 0.29) is 28.8 Å². The van der Waals surface area contributed by atoms with Crippen LogP contribution in [0.4, 0.5) is 0 Å². The van der Waals surface area contributed by atoms with Gasteiger partial charge in [0.25, 0.3) is 0 Å². The van der Waals surface area contributed by atoms with Crippen molar-refractivity contribution in [2.45, 2.75) is 13.8 Å². The molecule has 0 saturated carbocycles. The Morgan fingerprint density at radius 2 is 1.44 bits per heavy atom. The second-order valence-electron chi connectivity index (χ2n) is 4.61. The fourth-order valence-corrected chi connectivity index (χ4v) is 1.80. The Morgan fingerprint density at radius 3 is 1.88 bits per heavy atom. The molecule has 2 rings (SSSR count). The van der Waals surface area contributed by atoms with Crippen molar-refractivity contribution in [1.82, 2.24) is 9.97 Å². The van der Waals surface area contributed by atoms with E-state index in [1.807, 2.05) is 0 Å². The van der Waals surface area contributed by atoms with Gasteiger partial charge in [-0.25, -0.2) is 14.8 Å². The maximum atomic E-state index is 11.8. The van der Waals surface area contributed by atoms with Crippen molar-refractivity contribution in [3.63, 3.8) is 0 Å². The third-order valence-electron chi connectivity index (χ3n) is 2.68. The first-order valence-corrected chi connectivity index (χ1v) is 6.98. The molecule has 2 aromatic rings. The topological polar surface area (TPSA) is 114 Å². The van der Waals surface area contributed by atoms with Crippen LogP contribution in [0, 0.1) is 0 Å². The number of nitrogens with zero attached hydrogens (tertiary/aromatic N) is 2. The highest BCUT2D eigenvalue weighted by Crippen LogP contribution is 2.41. The molecule has 0 fully saturated rings. The van der Waals surface area contributed by atoms with Gasteiger partial charge in [0.1, 0.15) is 0 Å². The monoisotopic (exact) mass is 346 g/mol. The van der Waals surface area contributed by atoms with Gasteiger partial charge < -0.3 is 18.9 Å². The lowest BCUT2D eigenvalue weighted by Crippen LogP contribution is -2.10. The first kappa shape index (κ1) is 17.9. The van der Waals surface area contributed by atoms with E-state index in [0.717, 1.165) is 0 Å². The third-order valence-corrected chi connectivity index (χ3v) is 2.68. The average molecular weight is 346 g/mol. The highest BCUT2D eigenvalue weighted by molar-refractivity contribution is 5.92. The molecule has 0 unspecified atom stereocenters. The van der Waals surface area contributed by atoms with Gasteiger partial charge in [-0.1, -0.05) is 0 Å². The summed E-state index contributed by atoms with van der Waals surface area (Å²) in [5, 5.41) is 0. The van der Waals surface area contributed by atoms with E-state index in [1.54, 1.807) is 6.07 Å². The standard InChI is InChI=1S/C16H14N2O7/c1-9(19)23-12-7-11(15(21)22-3)8-13(24-10(2)20)14(12)25-16-17-5-4-6-18-16/h4-8H,1-3H3. The Bertz CT molecular complexity index is 768. The summed E-state index contributed by atoms with van der Waals surface area (Å²) in [5.74, 6) is -2.50. The van der Waals surface area contributed by atoms with Crippen LogP contribution in [0.25, 0.3) is 0 Å². The minimum atomic E-state index is -0.718. The summed E-state index contributed by atoms with van der Waals surface area (Å²) in [5.41, 5.74) is -0.00340. The van der Waals surface area contributed by atoms with Crippen LogP contribution in [0.15, 0.2) is 30.6 Å². The van der Waals surface area contributed by atoms with Crippen LogP contribution in [-0.2, 0) is 14.3 Å². The minimum Gasteiger partial charge on any atom is -0.465 e. The fourth-order valence-electron chi connectivity index (χ4n) is 1.80. The lowest BCUT2D eigenvalue weighted by molar-refractivity contribution is -0.132. The minimum absolute atomic E-state index is 0.00340. The van der Waals surface area contributed by atoms with Crippen LogP contribution in [0.2, 0.25) is 0 Å². The van der Waals surface area contributed by atoms with Gasteiger partial charge in [-0.3, -0.25) is 9.59 Å². The second-order valence-corrected chi connectivity index (χ2v) is 4.61. The molecule has 0 N–H and O–H groups in total. The van der Waals surface area contributed by atoms with Gasteiger partial charge in [-0.15, -0.1) is 0 Å². The number of aromatic nitrogens is 2. The SMILES string of the molecule is COC(=O)c1cc(OC(C)=O)c(Oc2ncccn2)c(OC(C)=O)c1. The Balaban J connectivity index is 2.59. The summed E-state index contributed by atoms with van der Waals surface area (Å²) >= 11 is 0. The van der Waals surface area contributed by atoms with E-state index in [1.165, 1.54) is 45.5 Å². The van der Waals surface area contributed by atoms with Crippen molar-refractivity contribution in [3.8, 4) is 23.3 Å². The number of carbonyl (C=O) groups excluding carboxylic acids is 3. The van der Waals surface area contributed by atoms with Crippen LogP contribution in [-0.4, -0.2) is 35.0 Å². The molecule has 9 heteroatoms. The molecule has 0 bridgehead atoms. The van der Waals surface area contributed by atoms with E-state index in [0.29, 0.717) is 0 Å². The van der Waals surface area contributed by atoms with Crippen LogP contribution < -0.4 is 14.2 Å². The number of hydrogen-bond donors (Lipinski definition) is 0. The van der Waals surface area contributed by atoms with Crippen LogP contribution in [0.5, 0.6) is 23.3 Å². The zero-order valence-corrected chi connectivity index (χ0v) is 13.6. The van der Waals surface area contributed by atoms with Crippen LogP contribution >= 0.6 is 0 Å². The zero-order chi connectivity index (χ0) is 18.4. The molecule has 0 aliphatic rings. The Labute approximate surface area is 142 Å². The van der Waals surface area contributed by atoms with Crippen molar-refractivity contribution in [2.24, 2.45) is 0 Å². The number of ether oxygens (including phenoxy) is 4. The summed E-state index contributed by atoms with van der Waals surface area (Å²) in [7, 11) is 1.18. The molecule has 1 aromatic heterocycles. The first-order valence-electron chi connectivity index (χ1n) is 6.98. The molecule has 1 aromatic carbocycles. The summed E-state index contributed by atoms with van der Waals surface area (Å²) in [4.78, 5) is 42.3. The molecule has 0 radical (unpaired) electrons. The number of hydrogen-bond acceptors (Lipinski definition) is 9. The van der Waals surface area contributed by atoms with Gasteiger partial charge in [0.05, 0.1) is 12.7 Å². The highest BCUT2D eigenvalue weighted by Gasteiger charge is 2.22. The van der Waals surface area contributed by atoms with Crippen molar-refractivity contribution in [1.29, 1.82) is 0 Å². The molecule has 0 spiro atoms. The number of rotatable bonds is 5. The third kappa shape index (κ3) is 4.74. The van der Waals surface area contributed by atoms with Crippen molar-refractivity contribution >= 4 is 17.9 Å². The van der Waals surface area contributed by atoms with E-state index in [2.05, 4.69) is 14.7 Å². The van der Waals surface area contributed by atoms with E-state index < -0.39 is 17.9 Å². The second kappa shape index (κ2) is 7.86. The molecule has 130 valence electrons. The van der Waals surface area contributed by atoms with Crippen molar-refractivity contribution in [2.75, 3.05) is 7.11 Å². The molecule has 0 amide bonds. The van der Waals surface area contributed by atoms with Gasteiger partial charge in [-0.2, -0.15) is 0 Å². The number of methoxy groups -OCH3 is 1. The van der Waals surface area contributed by atoms with Crippen molar-refractivity contribution in [3.05, 3.63) is 36.2 Å². The predicted octanol–water partition coefficient (Wildman–Crippen LogP) is 1.91. The van der Waals surface area contributed by atoms with Gasteiger partial charge in [0, 0.05) is 26.2 Å². The molecule has 1 heterocycles. The zero-order valence-electron chi connectivity index (χ0n) is 13.6. The van der Waals surface area contributed by atoms with Crippen LogP contribution in [0.3, 0.4) is 0 Å². The summed E-state index contributed by atoms with van der Waals surface area (Å²) in [6.07, 6.45) is 2.87. The van der Waals surface area contributed by atoms with E-state index in [9.17, 15) is 14.4 Å². The quantitative estimate of drug-likeness (QED) is 0.591. The molecule has 9 nitrogen and oxygen atoms in total. The van der Waals surface area contributed by atoms with Gasteiger partial charge in [0.15, 0.2) is 11.5 Å². The lowest BCUT2D eigenvalue weighted by atomic mass is 10.2. The molecule has 0 saturated heterocycles. The maximum Gasteiger partial charge on any atom is 0.338 e. The van der Waals surface area contributed by atoms with Crippen molar-refractivity contribution < 1.29 is 33.3 Å². The number of esters is 3. The largest absolute Gasteiger partial charge is 0.465 e. The molecule has 0 atom stereocenters. The summed E-state index contributed by atoms with van der Waals surface area (Å²) in [6.45, 7) is 2.33. The van der Waals surface area contributed by atoms with Crippen LogP contribution in [0.1, 0.15) is 24.2 Å². The highest BCUT2D eigenvalue weighted by atomic mass is 16.6. The smallest absolute Gasteiger partial charge is 0.338 e. The molecular weight excluding hydrogens is 332 g/mol. The van der Waals surface area contributed by atoms with Gasteiger partial charge >= 0.3 is 23.9 Å². The molecule has 0 aliphatic heterocycles. The van der Waals surface area contributed by atoms with Gasteiger partial charge in [-0.05, 0) is 18.2 Å². The fraction of sp³-hybridized carbons (Fsp3) is 0.188. The van der Waals surface area contributed by atoms with E-state index >= 15 is 0 Å². The number of carbonyl (C=O) groups is 3. The summed E-state index contributed by atoms with van der Waals surface area (Å²) < 4.78 is 20.2.